The van der Waals surface area contributed by atoms with Crippen molar-refractivity contribution in [3.05, 3.63) is 52.4 Å². The van der Waals surface area contributed by atoms with Crippen molar-refractivity contribution in [2.45, 2.75) is 6.92 Å². The van der Waals surface area contributed by atoms with Crippen molar-refractivity contribution in [1.29, 1.82) is 0 Å². The van der Waals surface area contributed by atoms with Crippen LogP contribution in [-0.2, 0) is 0 Å². The summed E-state index contributed by atoms with van der Waals surface area (Å²) in [5.74, 6) is 0.616. The van der Waals surface area contributed by atoms with Crippen molar-refractivity contribution in [2.24, 2.45) is 0 Å². The molecule has 0 radical (unpaired) electrons. The maximum atomic E-state index is 11.6. The minimum Gasteiger partial charge on any atom is -0.358 e. The van der Waals surface area contributed by atoms with Gasteiger partial charge in [-0.1, -0.05) is 6.07 Å². The number of nitrogens with zero attached hydrogens (tertiary/aromatic N) is 5. The molecule has 0 aromatic carbocycles. The number of pyridine rings is 2. The Balaban J connectivity index is 2.02. The van der Waals surface area contributed by atoms with Crippen LogP contribution in [0.1, 0.15) is 5.56 Å². The molecule has 0 amide bonds. The van der Waals surface area contributed by atoms with Crippen LogP contribution in [0, 0.1) is 6.92 Å². The summed E-state index contributed by atoms with van der Waals surface area (Å²) in [4.78, 5) is 18.6. The highest BCUT2D eigenvalue weighted by molar-refractivity contribution is 5.54. The third-order valence-corrected chi connectivity index (χ3v) is 2.80. The van der Waals surface area contributed by atoms with Gasteiger partial charge in [-0.2, -0.15) is 0 Å². The lowest BCUT2D eigenvalue weighted by molar-refractivity contribution is 0.863. The molecule has 3 aromatic rings. The van der Waals surface area contributed by atoms with Gasteiger partial charge in [0.25, 0.3) is 0 Å². The van der Waals surface area contributed by atoms with Crippen LogP contribution in [0.25, 0.3) is 23.0 Å². The van der Waals surface area contributed by atoms with Crippen LogP contribution in [0.5, 0.6) is 0 Å². The van der Waals surface area contributed by atoms with E-state index in [0.717, 1.165) is 0 Å². The molecular weight excluding hydrogens is 256 g/mol. The van der Waals surface area contributed by atoms with Crippen molar-refractivity contribution in [3.63, 3.8) is 0 Å². The van der Waals surface area contributed by atoms with Crippen LogP contribution >= 0.6 is 0 Å². The summed E-state index contributed by atoms with van der Waals surface area (Å²) in [6, 6.07) is 6.85. The predicted octanol–water partition coefficient (Wildman–Crippen LogP) is 0.992. The molecule has 0 aliphatic carbocycles. The quantitative estimate of drug-likeness (QED) is 0.743. The molecule has 1 N–H and O–H groups in total. The van der Waals surface area contributed by atoms with Gasteiger partial charge in [-0.3, -0.25) is 9.78 Å². The zero-order valence-electron chi connectivity index (χ0n) is 10.6. The van der Waals surface area contributed by atoms with E-state index in [4.69, 9.17) is 0 Å². The molecule has 0 aliphatic heterocycles. The third-order valence-electron chi connectivity index (χ3n) is 2.80. The van der Waals surface area contributed by atoms with Gasteiger partial charge in [0.05, 0.1) is 5.69 Å². The van der Waals surface area contributed by atoms with Gasteiger partial charge in [0.2, 0.25) is 11.6 Å². The van der Waals surface area contributed by atoms with Crippen molar-refractivity contribution >= 4 is 0 Å². The standard InChI is InChI=1S/C13H10N6O/c1-8-10(20)5-7-15-11(8)13-18-16-12(17-19-13)9-4-2-3-6-14-9/h2-7H,1H3,(H,15,20). The fraction of sp³-hybridized carbons (Fsp3) is 0.0769. The first-order valence-electron chi connectivity index (χ1n) is 5.93. The Morgan fingerprint density at radius 3 is 2.45 bits per heavy atom. The van der Waals surface area contributed by atoms with Crippen molar-refractivity contribution in [2.75, 3.05) is 0 Å². The fourth-order valence-electron chi connectivity index (χ4n) is 1.72. The van der Waals surface area contributed by atoms with Gasteiger partial charge >= 0.3 is 0 Å². The first-order valence-corrected chi connectivity index (χ1v) is 5.93. The fourth-order valence-corrected chi connectivity index (χ4v) is 1.72. The summed E-state index contributed by atoms with van der Waals surface area (Å²) in [5, 5.41) is 16.0. The normalized spacial score (nSPS) is 10.4. The molecule has 0 atom stereocenters. The van der Waals surface area contributed by atoms with Crippen LogP contribution in [-0.4, -0.2) is 30.4 Å². The van der Waals surface area contributed by atoms with E-state index >= 15 is 0 Å². The Labute approximate surface area is 113 Å². The number of H-pyrrole nitrogens is 1. The maximum Gasteiger partial charge on any atom is 0.221 e. The topological polar surface area (TPSA) is 97.3 Å². The molecule has 0 spiro atoms. The Morgan fingerprint density at radius 1 is 1.00 bits per heavy atom. The zero-order chi connectivity index (χ0) is 13.9. The SMILES string of the molecule is Cc1c(-c2nnc(-c3ccccn3)nn2)[nH]ccc1=O. The molecule has 0 bridgehead atoms. The van der Waals surface area contributed by atoms with E-state index in [2.05, 4.69) is 30.4 Å². The van der Waals surface area contributed by atoms with Crippen molar-refractivity contribution < 1.29 is 0 Å². The van der Waals surface area contributed by atoms with E-state index in [1.54, 1.807) is 31.5 Å². The largest absolute Gasteiger partial charge is 0.358 e. The Hall–Kier alpha value is -2.96. The summed E-state index contributed by atoms with van der Waals surface area (Å²) >= 11 is 0. The molecule has 7 nitrogen and oxygen atoms in total. The highest BCUT2D eigenvalue weighted by Gasteiger charge is 2.10. The second kappa shape index (κ2) is 4.96. The Morgan fingerprint density at radius 2 is 1.75 bits per heavy atom. The Bertz CT molecular complexity index is 782. The van der Waals surface area contributed by atoms with Crippen molar-refractivity contribution in [1.82, 2.24) is 30.4 Å². The smallest absolute Gasteiger partial charge is 0.221 e. The number of rotatable bonds is 2. The number of aromatic nitrogens is 6. The second-order valence-electron chi connectivity index (χ2n) is 4.10. The highest BCUT2D eigenvalue weighted by Crippen LogP contribution is 2.13. The van der Waals surface area contributed by atoms with Gasteiger partial charge in [0, 0.05) is 24.0 Å². The van der Waals surface area contributed by atoms with Gasteiger partial charge in [-0.15, -0.1) is 20.4 Å². The number of nitrogens with one attached hydrogen (secondary N) is 1. The molecule has 3 rings (SSSR count). The molecule has 98 valence electrons. The van der Waals surface area contributed by atoms with Crippen LogP contribution < -0.4 is 5.43 Å². The first kappa shape index (κ1) is 12.1. The molecule has 20 heavy (non-hydrogen) atoms. The summed E-state index contributed by atoms with van der Waals surface area (Å²) in [6.07, 6.45) is 3.19. The molecule has 3 aromatic heterocycles. The lowest BCUT2D eigenvalue weighted by Gasteiger charge is -2.02. The van der Waals surface area contributed by atoms with Crippen LogP contribution in [0.15, 0.2) is 41.5 Å². The van der Waals surface area contributed by atoms with Crippen molar-refractivity contribution in [3.8, 4) is 23.0 Å². The number of aromatic amines is 1. The maximum absolute atomic E-state index is 11.6. The third kappa shape index (κ3) is 2.16. The van der Waals surface area contributed by atoms with Crippen LogP contribution in [0.4, 0.5) is 0 Å². The summed E-state index contributed by atoms with van der Waals surface area (Å²) in [6.45, 7) is 1.70. The molecule has 0 fully saturated rings. The molecular formula is C13H10N6O. The summed E-state index contributed by atoms with van der Waals surface area (Å²) in [5.41, 5.74) is 1.56. The van der Waals surface area contributed by atoms with Gasteiger partial charge in [-0.05, 0) is 19.1 Å². The minimum absolute atomic E-state index is 0.0869. The van der Waals surface area contributed by atoms with Gasteiger partial charge in [-0.25, -0.2) is 0 Å². The van der Waals surface area contributed by atoms with E-state index in [1.165, 1.54) is 6.07 Å². The van der Waals surface area contributed by atoms with E-state index in [0.29, 0.717) is 22.8 Å². The lowest BCUT2D eigenvalue weighted by atomic mass is 10.2. The summed E-state index contributed by atoms with van der Waals surface area (Å²) < 4.78 is 0. The van der Waals surface area contributed by atoms with Crippen LogP contribution in [0.2, 0.25) is 0 Å². The van der Waals surface area contributed by atoms with E-state index < -0.39 is 0 Å². The van der Waals surface area contributed by atoms with E-state index in [1.807, 2.05) is 6.07 Å². The molecule has 7 heteroatoms. The number of hydrogen-bond acceptors (Lipinski definition) is 6. The van der Waals surface area contributed by atoms with E-state index in [-0.39, 0.29) is 11.3 Å². The lowest BCUT2D eigenvalue weighted by Crippen LogP contribution is -2.09. The number of hydrogen-bond donors (Lipinski definition) is 1. The predicted molar refractivity (Wildman–Crippen MR) is 71.6 cm³/mol. The molecule has 0 saturated heterocycles. The minimum atomic E-state index is -0.0869. The average molecular weight is 266 g/mol. The second-order valence-corrected chi connectivity index (χ2v) is 4.10. The molecule has 0 unspecified atom stereocenters. The van der Waals surface area contributed by atoms with Crippen LogP contribution in [0.3, 0.4) is 0 Å². The van der Waals surface area contributed by atoms with Gasteiger partial charge < -0.3 is 4.98 Å². The van der Waals surface area contributed by atoms with E-state index in [9.17, 15) is 4.79 Å². The van der Waals surface area contributed by atoms with Gasteiger partial charge in [0.15, 0.2) is 5.43 Å². The molecule has 0 saturated carbocycles. The average Bonchev–Trinajstić information content (AvgIpc) is 2.51. The highest BCUT2D eigenvalue weighted by atomic mass is 16.1. The Kier molecular flexibility index (Phi) is 3.00. The first-order chi connectivity index (χ1) is 9.75. The molecule has 0 aliphatic rings. The molecule has 3 heterocycles. The summed E-state index contributed by atoms with van der Waals surface area (Å²) in [7, 11) is 0. The monoisotopic (exact) mass is 266 g/mol. The van der Waals surface area contributed by atoms with Gasteiger partial charge in [0.1, 0.15) is 5.69 Å². The zero-order valence-corrected chi connectivity index (χ0v) is 10.6.